The molecule has 0 saturated heterocycles. The molecule has 12 heavy (non-hydrogen) atoms. The molecule has 0 fully saturated rings. The molecule has 0 aliphatic carbocycles. The molecular weight excluding hydrogens is 158 g/mol. The molecule has 0 amide bonds. The van der Waals surface area contributed by atoms with Crippen LogP contribution in [0.2, 0.25) is 0 Å². The van der Waals surface area contributed by atoms with Gasteiger partial charge in [0.1, 0.15) is 12.2 Å². The van der Waals surface area contributed by atoms with Gasteiger partial charge in [-0.1, -0.05) is 6.42 Å². The van der Waals surface area contributed by atoms with E-state index in [1.165, 1.54) is 0 Å². The maximum absolute atomic E-state index is 10.8. The summed E-state index contributed by atoms with van der Waals surface area (Å²) < 4.78 is 0. The summed E-state index contributed by atoms with van der Waals surface area (Å²) >= 11 is 0. The fourth-order valence-corrected chi connectivity index (χ4v) is 0.900. The van der Waals surface area contributed by atoms with E-state index in [1.54, 1.807) is 0 Å². The zero-order valence-corrected chi connectivity index (χ0v) is 7.08. The van der Waals surface area contributed by atoms with Crippen molar-refractivity contribution in [1.29, 1.82) is 0 Å². The fourth-order valence-electron chi connectivity index (χ4n) is 0.900. The number of ketones is 1. The van der Waals surface area contributed by atoms with E-state index in [0.717, 1.165) is 19.3 Å². The van der Waals surface area contributed by atoms with E-state index in [-0.39, 0.29) is 12.2 Å². The van der Waals surface area contributed by atoms with Crippen molar-refractivity contribution in [2.45, 2.75) is 32.1 Å². The SMILES string of the molecule is NCCCCCC(=O)CC(=O)O. The van der Waals surface area contributed by atoms with Gasteiger partial charge < -0.3 is 10.8 Å². The molecule has 4 heteroatoms. The van der Waals surface area contributed by atoms with Crippen molar-refractivity contribution < 1.29 is 14.7 Å². The minimum atomic E-state index is -1.04. The van der Waals surface area contributed by atoms with Crippen molar-refractivity contribution in [3.8, 4) is 0 Å². The molecule has 0 aromatic heterocycles. The molecule has 4 nitrogen and oxygen atoms in total. The van der Waals surface area contributed by atoms with Gasteiger partial charge in [0.15, 0.2) is 0 Å². The number of hydrogen-bond acceptors (Lipinski definition) is 3. The number of carboxylic acid groups (broad SMARTS) is 1. The first-order chi connectivity index (χ1) is 5.66. The van der Waals surface area contributed by atoms with E-state index in [2.05, 4.69) is 0 Å². The second kappa shape index (κ2) is 6.79. The lowest BCUT2D eigenvalue weighted by molar-refractivity contribution is -0.140. The molecular formula is C8H15NO3. The number of rotatable bonds is 7. The van der Waals surface area contributed by atoms with Gasteiger partial charge in [0, 0.05) is 6.42 Å². The van der Waals surface area contributed by atoms with Crippen LogP contribution in [-0.2, 0) is 9.59 Å². The third-order valence-corrected chi connectivity index (χ3v) is 1.51. The Labute approximate surface area is 71.8 Å². The number of carbonyl (C=O) groups excluding carboxylic acids is 1. The predicted molar refractivity (Wildman–Crippen MR) is 44.8 cm³/mol. The summed E-state index contributed by atoms with van der Waals surface area (Å²) in [6.07, 6.45) is 2.58. The molecule has 0 atom stereocenters. The van der Waals surface area contributed by atoms with Crippen molar-refractivity contribution >= 4 is 11.8 Å². The van der Waals surface area contributed by atoms with Crippen LogP contribution in [0.25, 0.3) is 0 Å². The number of Topliss-reactive ketones (excluding diaryl/α,β-unsaturated/α-hetero) is 1. The number of carbonyl (C=O) groups is 2. The first kappa shape index (κ1) is 11.1. The summed E-state index contributed by atoms with van der Waals surface area (Å²) in [5, 5.41) is 8.25. The van der Waals surface area contributed by atoms with Gasteiger partial charge in [0.2, 0.25) is 0 Å². The van der Waals surface area contributed by atoms with Crippen LogP contribution in [0, 0.1) is 0 Å². The Kier molecular flexibility index (Phi) is 6.28. The second-order valence-electron chi connectivity index (χ2n) is 2.71. The average molecular weight is 173 g/mol. The largest absolute Gasteiger partial charge is 0.481 e. The van der Waals surface area contributed by atoms with E-state index in [1.807, 2.05) is 0 Å². The molecule has 0 radical (unpaired) electrons. The van der Waals surface area contributed by atoms with Gasteiger partial charge in [-0.2, -0.15) is 0 Å². The zero-order chi connectivity index (χ0) is 9.40. The predicted octanol–water partition coefficient (Wildman–Crippen LogP) is 0.549. The van der Waals surface area contributed by atoms with E-state index >= 15 is 0 Å². The maximum atomic E-state index is 10.8. The van der Waals surface area contributed by atoms with Crippen LogP contribution in [0.1, 0.15) is 32.1 Å². The van der Waals surface area contributed by atoms with Crippen LogP contribution in [0.4, 0.5) is 0 Å². The van der Waals surface area contributed by atoms with Gasteiger partial charge in [-0.15, -0.1) is 0 Å². The standard InChI is InChI=1S/C8H15NO3/c9-5-3-1-2-4-7(10)6-8(11)12/h1-6,9H2,(H,11,12). The molecule has 70 valence electrons. The van der Waals surface area contributed by atoms with Crippen LogP contribution in [0.15, 0.2) is 0 Å². The van der Waals surface area contributed by atoms with Crippen LogP contribution in [-0.4, -0.2) is 23.4 Å². The van der Waals surface area contributed by atoms with E-state index < -0.39 is 5.97 Å². The molecule has 0 aromatic carbocycles. The fraction of sp³-hybridized carbons (Fsp3) is 0.750. The highest BCUT2D eigenvalue weighted by molar-refractivity contribution is 5.94. The highest BCUT2D eigenvalue weighted by atomic mass is 16.4. The Balaban J connectivity index is 3.26. The number of aliphatic carboxylic acids is 1. The lowest BCUT2D eigenvalue weighted by atomic mass is 10.1. The molecule has 0 spiro atoms. The third-order valence-electron chi connectivity index (χ3n) is 1.51. The Bertz CT molecular complexity index is 156. The van der Waals surface area contributed by atoms with E-state index in [0.29, 0.717) is 13.0 Å². The molecule has 0 saturated carbocycles. The normalized spacial score (nSPS) is 9.75. The smallest absolute Gasteiger partial charge is 0.310 e. The van der Waals surface area contributed by atoms with Crippen molar-refractivity contribution in [2.75, 3.05) is 6.54 Å². The van der Waals surface area contributed by atoms with Crippen LogP contribution in [0.3, 0.4) is 0 Å². The van der Waals surface area contributed by atoms with Gasteiger partial charge in [0.05, 0.1) is 0 Å². The van der Waals surface area contributed by atoms with Crippen molar-refractivity contribution in [1.82, 2.24) is 0 Å². The molecule has 0 rings (SSSR count). The summed E-state index contributed by atoms with van der Waals surface area (Å²) in [6.45, 7) is 0.632. The van der Waals surface area contributed by atoms with E-state index in [4.69, 9.17) is 10.8 Å². The molecule has 0 aliphatic heterocycles. The monoisotopic (exact) mass is 173 g/mol. The Morgan fingerprint density at radius 2 is 1.83 bits per heavy atom. The molecule has 0 heterocycles. The van der Waals surface area contributed by atoms with Gasteiger partial charge >= 0.3 is 5.97 Å². The lowest BCUT2D eigenvalue weighted by Gasteiger charge is -1.97. The lowest BCUT2D eigenvalue weighted by Crippen LogP contribution is -2.06. The molecule has 0 aliphatic rings. The summed E-state index contributed by atoms with van der Waals surface area (Å²) in [6, 6.07) is 0. The van der Waals surface area contributed by atoms with Gasteiger partial charge in [-0.25, -0.2) is 0 Å². The molecule has 3 N–H and O–H groups in total. The summed E-state index contributed by atoms with van der Waals surface area (Å²) in [7, 11) is 0. The zero-order valence-electron chi connectivity index (χ0n) is 7.08. The Morgan fingerprint density at radius 3 is 2.33 bits per heavy atom. The van der Waals surface area contributed by atoms with Gasteiger partial charge in [-0.3, -0.25) is 9.59 Å². The first-order valence-electron chi connectivity index (χ1n) is 4.10. The Morgan fingerprint density at radius 1 is 1.17 bits per heavy atom. The van der Waals surface area contributed by atoms with Crippen molar-refractivity contribution in [3.05, 3.63) is 0 Å². The van der Waals surface area contributed by atoms with Gasteiger partial charge in [-0.05, 0) is 19.4 Å². The van der Waals surface area contributed by atoms with Crippen molar-refractivity contribution in [2.24, 2.45) is 5.73 Å². The minimum absolute atomic E-state index is 0.195. The van der Waals surface area contributed by atoms with Crippen LogP contribution in [0.5, 0.6) is 0 Å². The third kappa shape index (κ3) is 7.21. The number of carboxylic acids is 1. The minimum Gasteiger partial charge on any atom is -0.481 e. The Hall–Kier alpha value is -0.900. The molecule has 0 aromatic rings. The van der Waals surface area contributed by atoms with Crippen molar-refractivity contribution in [3.63, 3.8) is 0 Å². The highest BCUT2D eigenvalue weighted by Gasteiger charge is 2.06. The highest BCUT2D eigenvalue weighted by Crippen LogP contribution is 2.01. The first-order valence-corrected chi connectivity index (χ1v) is 4.10. The van der Waals surface area contributed by atoms with E-state index in [9.17, 15) is 9.59 Å². The number of hydrogen-bond donors (Lipinski definition) is 2. The number of nitrogens with two attached hydrogens (primary N) is 1. The topological polar surface area (TPSA) is 80.4 Å². The van der Waals surface area contributed by atoms with Crippen LogP contribution < -0.4 is 5.73 Å². The van der Waals surface area contributed by atoms with Gasteiger partial charge in [0.25, 0.3) is 0 Å². The summed E-state index contributed by atoms with van der Waals surface area (Å²) in [5.74, 6) is -1.24. The quantitative estimate of drug-likeness (QED) is 0.435. The average Bonchev–Trinajstić information content (AvgIpc) is 1.97. The summed E-state index contributed by atoms with van der Waals surface area (Å²) in [4.78, 5) is 20.9. The summed E-state index contributed by atoms with van der Waals surface area (Å²) in [5.41, 5.74) is 5.25. The second-order valence-corrected chi connectivity index (χ2v) is 2.71. The molecule has 0 bridgehead atoms. The maximum Gasteiger partial charge on any atom is 0.310 e. The van der Waals surface area contributed by atoms with Crippen LogP contribution >= 0.6 is 0 Å². The number of unbranched alkanes of at least 4 members (excludes halogenated alkanes) is 2. The molecule has 0 unspecified atom stereocenters.